The summed E-state index contributed by atoms with van der Waals surface area (Å²) in [5.41, 5.74) is 3.71. The van der Waals surface area contributed by atoms with E-state index in [4.69, 9.17) is 21.8 Å². The predicted octanol–water partition coefficient (Wildman–Crippen LogP) is 3.85. The Kier molecular flexibility index (Phi) is 9.01. The Morgan fingerprint density at radius 1 is 1.03 bits per heavy atom. The third-order valence-corrected chi connectivity index (χ3v) is 4.82. The molecule has 162 valence electrons. The van der Waals surface area contributed by atoms with Crippen LogP contribution in [0, 0.1) is 11.6 Å². The first-order valence-electron chi connectivity index (χ1n) is 9.40. The molecule has 0 atom stereocenters. The van der Waals surface area contributed by atoms with Crippen molar-refractivity contribution in [2.75, 3.05) is 18.4 Å². The number of carbonyl (C=O) groups is 2. The van der Waals surface area contributed by atoms with E-state index >= 15 is 0 Å². The van der Waals surface area contributed by atoms with Gasteiger partial charge < -0.3 is 20.8 Å². The van der Waals surface area contributed by atoms with Crippen molar-refractivity contribution < 1.29 is 28.6 Å². The van der Waals surface area contributed by atoms with Gasteiger partial charge in [0, 0.05) is 18.2 Å². The number of aliphatic carboxylic acids is 2. The molecule has 0 bridgehead atoms. The molecule has 0 amide bonds. The van der Waals surface area contributed by atoms with Crippen molar-refractivity contribution in [3.8, 4) is 0 Å². The quantitative estimate of drug-likeness (QED) is 0.544. The van der Waals surface area contributed by atoms with E-state index in [0.29, 0.717) is 10.6 Å². The van der Waals surface area contributed by atoms with E-state index in [1.807, 2.05) is 12.1 Å². The van der Waals surface area contributed by atoms with Gasteiger partial charge in [0.25, 0.3) is 0 Å². The minimum absolute atomic E-state index is 0.274. The van der Waals surface area contributed by atoms with Gasteiger partial charge in [-0.2, -0.15) is 0 Å². The number of nitrogens with one attached hydrogen (secondary N) is 2. The Morgan fingerprint density at radius 3 is 2.33 bits per heavy atom. The van der Waals surface area contributed by atoms with Crippen molar-refractivity contribution in [1.29, 1.82) is 0 Å². The second-order valence-electron chi connectivity index (χ2n) is 6.69. The Bertz CT molecular complexity index is 895. The van der Waals surface area contributed by atoms with Crippen molar-refractivity contribution in [1.82, 2.24) is 5.32 Å². The minimum atomic E-state index is -1.08. The molecule has 2 aromatic carbocycles. The lowest BCUT2D eigenvalue weighted by Gasteiger charge is -2.16. The van der Waals surface area contributed by atoms with Crippen LogP contribution in [0.5, 0.6) is 0 Å². The second-order valence-corrected chi connectivity index (χ2v) is 7.09. The molecule has 0 unspecified atom stereocenters. The fourth-order valence-electron chi connectivity index (χ4n) is 3.00. The number of halogens is 3. The molecular formula is C21H23ClF2N2O4. The van der Waals surface area contributed by atoms with E-state index in [1.165, 1.54) is 23.3 Å². The number of hydrogen-bond donors (Lipinski definition) is 4. The predicted molar refractivity (Wildman–Crippen MR) is 110 cm³/mol. The maximum absolute atomic E-state index is 13.7. The summed E-state index contributed by atoms with van der Waals surface area (Å²) in [6.45, 7) is 2.11. The zero-order chi connectivity index (χ0) is 22.1. The third-order valence-electron chi connectivity index (χ3n) is 4.51. The summed E-state index contributed by atoms with van der Waals surface area (Å²) in [4.78, 5) is 19.3. The lowest BCUT2D eigenvalue weighted by molar-refractivity contribution is -0.143. The summed E-state index contributed by atoms with van der Waals surface area (Å²) in [5, 5.41) is 23.0. The van der Waals surface area contributed by atoms with Crippen LogP contribution in [0.3, 0.4) is 0 Å². The summed E-state index contributed by atoms with van der Waals surface area (Å²) in [5.74, 6) is -3.27. The molecule has 4 N–H and O–H groups in total. The smallest absolute Gasteiger partial charge is 0.303 e. The zero-order valence-electron chi connectivity index (χ0n) is 16.2. The fraction of sp³-hybridized carbons (Fsp3) is 0.333. The molecule has 9 heteroatoms. The van der Waals surface area contributed by atoms with Gasteiger partial charge in [0.2, 0.25) is 0 Å². The Hall–Kier alpha value is -2.71. The topological polar surface area (TPSA) is 98.7 Å². The first kappa shape index (κ1) is 23.6. The van der Waals surface area contributed by atoms with Gasteiger partial charge in [-0.25, -0.2) is 8.78 Å². The molecule has 3 rings (SSSR count). The van der Waals surface area contributed by atoms with E-state index in [9.17, 15) is 18.4 Å². The van der Waals surface area contributed by atoms with Gasteiger partial charge in [0.05, 0.1) is 23.6 Å². The van der Waals surface area contributed by atoms with Crippen LogP contribution in [-0.2, 0) is 29.0 Å². The van der Waals surface area contributed by atoms with Crippen LogP contribution >= 0.6 is 11.6 Å². The number of rotatable bonds is 6. The van der Waals surface area contributed by atoms with Gasteiger partial charge in [0.15, 0.2) is 0 Å². The molecule has 6 nitrogen and oxygen atoms in total. The zero-order valence-corrected chi connectivity index (χ0v) is 16.9. The lowest BCUT2D eigenvalue weighted by atomic mass is 10.0. The van der Waals surface area contributed by atoms with E-state index in [2.05, 4.69) is 10.6 Å². The Morgan fingerprint density at radius 2 is 1.70 bits per heavy atom. The Labute approximate surface area is 177 Å². The molecular weight excluding hydrogens is 418 g/mol. The maximum atomic E-state index is 13.7. The van der Waals surface area contributed by atoms with Crippen molar-refractivity contribution in [2.45, 2.75) is 32.2 Å². The van der Waals surface area contributed by atoms with Crippen molar-refractivity contribution in [3.05, 3.63) is 63.7 Å². The average Bonchev–Trinajstić information content (AvgIpc) is 2.93. The molecule has 0 fully saturated rings. The van der Waals surface area contributed by atoms with E-state index in [1.54, 1.807) is 0 Å². The average molecular weight is 441 g/mol. The number of hydrogen-bond acceptors (Lipinski definition) is 4. The van der Waals surface area contributed by atoms with Crippen LogP contribution in [-0.4, -0.2) is 35.2 Å². The van der Waals surface area contributed by atoms with Crippen molar-refractivity contribution in [2.24, 2.45) is 0 Å². The van der Waals surface area contributed by atoms with Crippen molar-refractivity contribution in [3.63, 3.8) is 0 Å². The van der Waals surface area contributed by atoms with Gasteiger partial charge >= 0.3 is 11.9 Å². The monoisotopic (exact) mass is 440 g/mol. The van der Waals surface area contributed by atoms with Crippen LogP contribution in [0.15, 0.2) is 30.3 Å². The summed E-state index contributed by atoms with van der Waals surface area (Å²) in [6.07, 6.45) is 1.24. The number of anilines is 1. The highest BCUT2D eigenvalue weighted by Gasteiger charge is 2.15. The van der Waals surface area contributed by atoms with Gasteiger partial charge in [0.1, 0.15) is 11.6 Å². The van der Waals surface area contributed by atoms with Gasteiger partial charge in [-0.05, 0) is 49.2 Å². The highest BCUT2D eigenvalue weighted by atomic mass is 35.5. The molecule has 1 heterocycles. The lowest BCUT2D eigenvalue weighted by Crippen LogP contribution is -2.16. The normalized spacial score (nSPS) is 12.8. The number of carboxylic acid groups (broad SMARTS) is 2. The summed E-state index contributed by atoms with van der Waals surface area (Å²) in [6, 6.07) is 7.53. The number of carboxylic acids is 2. The molecule has 0 aromatic heterocycles. The van der Waals surface area contributed by atoms with Crippen LogP contribution in [0.1, 0.15) is 29.5 Å². The third kappa shape index (κ3) is 7.27. The first-order valence-corrected chi connectivity index (χ1v) is 9.78. The Balaban J connectivity index is 0.000000343. The van der Waals surface area contributed by atoms with Crippen LogP contribution in [0.2, 0.25) is 5.02 Å². The molecule has 30 heavy (non-hydrogen) atoms. The molecule has 0 radical (unpaired) electrons. The summed E-state index contributed by atoms with van der Waals surface area (Å²) in [7, 11) is 0. The highest BCUT2D eigenvalue weighted by molar-refractivity contribution is 6.33. The highest BCUT2D eigenvalue weighted by Crippen LogP contribution is 2.31. The van der Waals surface area contributed by atoms with Crippen LogP contribution < -0.4 is 10.6 Å². The van der Waals surface area contributed by atoms with Gasteiger partial charge in [-0.1, -0.05) is 23.7 Å². The van der Waals surface area contributed by atoms with Gasteiger partial charge in [-0.3, -0.25) is 9.59 Å². The van der Waals surface area contributed by atoms with E-state index < -0.39 is 23.6 Å². The number of fused-ring (bicyclic) bond motifs is 1. The molecule has 1 aliphatic rings. The molecule has 1 aliphatic heterocycles. The summed E-state index contributed by atoms with van der Waals surface area (Å²) >= 11 is 6.31. The fourth-order valence-corrected chi connectivity index (χ4v) is 3.24. The maximum Gasteiger partial charge on any atom is 0.303 e. The van der Waals surface area contributed by atoms with E-state index in [0.717, 1.165) is 37.7 Å². The summed E-state index contributed by atoms with van der Waals surface area (Å²) < 4.78 is 26.7. The second kappa shape index (κ2) is 11.5. The number of benzene rings is 2. The van der Waals surface area contributed by atoms with Crippen molar-refractivity contribution >= 4 is 29.2 Å². The minimum Gasteiger partial charge on any atom is -0.481 e. The molecule has 0 saturated carbocycles. The molecule has 0 spiro atoms. The van der Waals surface area contributed by atoms with Crippen LogP contribution in [0.25, 0.3) is 0 Å². The first-order chi connectivity index (χ1) is 14.3. The molecule has 0 saturated heterocycles. The van der Waals surface area contributed by atoms with Crippen LogP contribution in [0.4, 0.5) is 14.5 Å². The molecule has 0 aliphatic carbocycles. The largest absolute Gasteiger partial charge is 0.481 e. The molecule has 2 aromatic rings. The standard InChI is InChI=1S/C17H17ClF2N2.C4H6O4/c18-15-4-2-11-5-7-21-8-6-14(11)17(15)22-10-12-1-3-13(19)9-16(12)20;5-3(6)1-2-4(7)8/h1-4,9,21-22H,5-8,10H2;1-2H2,(H,5,6)(H,7,8). The van der Waals surface area contributed by atoms with E-state index in [-0.39, 0.29) is 19.4 Å². The van der Waals surface area contributed by atoms with Gasteiger partial charge in [-0.15, -0.1) is 0 Å². The SMILES string of the molecule is Fc1ccc(CNc2c(Cl)ccc3c2CCNCC3)c(F)c1.O=C(O)CCC(=O)O.